The Kier molecular flexibility index (Phi) is 9.21. The zero-order valence-corrected chi connectivity index (χ0v) is 9.82. The zero-order chi connectivity index (χ0) is 10.9. The van der Waals surface area contributed by atoms with Crippen LogP contribution < -0.4 is 0 Å². The van der Waals surface area contributed by atoms with Gasteiger partial charge in [-0.1, -0.05) is 45.4 Å². The van der Waals surface area contributed by atoms with Crippen LogP contribution in [0.2, 0.25) is 0 Å². The average Bonchev–Trinajstić information content (AvgIpc) is 2.09. The van der Waals surface area contributed by atoms with Gasteiger partial charge in [-0.2, -0.15) is 0 Å². The summed E-state index contributed by atoms with van der Waals surface area (Å²) in [6.45, 7) is 11.5. The number of hydrogen-bond donors (Lipinski definition) is 0. The molecule has 0 aliphatic heterocycles. The number of allylic oxidation sites excluding steroid dienone is 4. The minimum Gasteiger partial charge on any atom is -0.239 e. The van der Waals surface area contributed by atoms with Crippen LogP contribution in [0.4, 0.5) is 4.39 Å². The highest BCUT2D eigenvalue weighted by Gasteiger charge is 2.20. The van der Waals surface area contributed by atoms with Crippen LogP contribution in [0.25, 0.3) is 0 Å². The van der Waals surface area contributed by atoms with Crippen molar-refractivity contribution in [3.63, 3.8) is 0 Å². The maximum absolute atomic E-state index is 13.0. The van der Waals surface area contributed by atoms with E-state index in [1.165, 1.54) is 0 Å². The van der Waals surface area contributed by atoms with Gasteiger partial charge in [0.1, 0.15) is 5.67 Å². The lowest BCUT2D eigenvalue weighted by molar-refractivity contribution is 0.254. The lowest BCUT2D eigenvalue weighted by Gasteiger charge is -2.18. The molecule has 0 fully saturated rings. The van der Waals surface area contributed by atoms with Crippen LogP contribution in [-0.2, 0) is 0 Å². The first-order chi connectivity index (χ1) is 6.10. The van der Waals surface area contributed by atoms with Gasteiger partial charge >= 0.3 is 0 Å². The number of rotatable bonds is 0. The van der Waals surface area contributed by atoms with Gasteiger partial charge in [0.05, 0.1) is 0 Å². The molecule has 78 valence electrons. The van der Waals surface area contributed by atoms with Crippen molar-refractivity contribution in [3.8, 4) is 0 Å². The summed E-state index contributed by atoms with van der Waals surface area (Å²) in [7, 11) is 0. The predicted octanol–water partition coefficient (Wildman–Crippen LogP) is 4.67. The van der Waals surface area contributed by atoms with Crippen LogP contribution in [0.15, 0.2) is 23.8 Å². The van der Waals surface area contributed by atoms with E-state index in [1.807, 2.05) is 40.7 Å². The summed E-state index contributed by atoms with van der Waals surface area (Å²) >= 11 is 0. The topological polar surface area (TPSA) is 0 Å². The molecule has 0 aromatic carbocycles. The molecule has 1 unspecified atom stereocenters. The first-order valence-electron chi connectivity index (χ1n) is 5.14. The Labute approximate surface area is 82.5 Å². The fourth-order valence-corrected chi connectivity index (χ4v) is 1.08. The van der Waals surface area contributed by atoms with Crippen LogP contribution in [0.5, 0.6) is 0 Å². The lowest BCUT2D eigenvalue weighted by atomic mass is 9.94. The summed E-state index contributed by atoms with van der Waals surface area (Å²) in [5.41, 5.74) is 0.0150. The maximum atomic E-state index is 13.0. The van der Waals surface area contributed by atoms with Crippen LogP contribution >= 0.6 is 0 Å². The fourth-order valence-electron chi connectivity index (χ4n) is 1.08. The van der Waals surface area contributed by atoms with Crippen LogP contribution in [0.1, 0.15) is 48.0 Å². The Morgan fingerprint density at radius 1 is 1.23 bits per heavy atom. The van der Waals surface area contributed by atoms with Gasteiger partial charge in [-0.15, -0.1) is 0 Å². The van der Waals surface area contributed by atoms with Gasteiger partial charge in [-0.05, 0) is 19.9 Å². The minimum atomic E-state index is -1.10. The third-order valence-corrected chi connectivity index (χ3v) is 1.45. The van der Waals surface area contributed by atoms with Crippen molar-refractivity contribution >= 4 is 0 Å². The molecule has 0 amide bonds. The fraction of sp³-hybridized carbons (Fsp3) is 0.667. The number of halogens is 1. The largest absolute Gasteiger partial charge is 0.239 e. The molecule has 1 rings (SSSR count). The van der Waals surface area contributed by atoms with Gasteiger partial charge in [0.25, 0.3) is 0 Å². The highest BCUT2D eigenvalue weighted by Crippen LogP contribution is 2.25. The first-order valence-corrected chi connectivity index (χ1v) is 5.14. The Bertz CT molecular complexity index is 164. The second kappa shape index (κ2) is 8.03. The van der Waals surface area contributed by atoms with E-state index in [0.29, 0.717) is 6.42 Å². The normalized spacial score (nSPS) is 24.7. The Morgan fingerprint density at radius 2 is 1.69 bits per heavy atom. The van der Waals surface area contributed by atoms with E-state index in [9.17, 15) is 4.39 Å². The molecule has 0 bridgehead atoms. The van der Waals surface area contributed by atoms with E-state index >= 15 is 0 Å². The molecule has 13 heavy (non-hydrogen) atoms. The van der Waals surface area contributed by atoms with E-state index in [0.717, 1.165) is 5.57 Å². The molecule has 0 spiro atoms. The summed E-state index contributed by atoms with van der Waals surface area (Å²) in [6.07, 6.45) is 5.86. The highest BCUT2D eigenvalue weighted by atomic mass is 19.1. The highest BCUT2D eigenvalue weighted by molar-refractivity contribution is 5.22. The molecule has 1 heteroatoms. The summed E-state index contributed by atoms with van der Waals surface area (Å²) in [6, 6.07) is 0. The molecular weight excluding hydrogens is 163 g/mol. The van der Waals surface area contributed by atoms with Crippen LogP contribution in [0.3, 0.4) is 0 Å². The van der Waals surface area contributed by atoms with Gasteiger partial charge < -0.3 is 0 Å². The first kappa shape index (κ1) is 14.9. The van der Waals surface area contributed by atoms with Crippen molar-refractivity contribution in [2.24, 2.45) is 0 Å². The molecule has 1 atom stereocenters. The van der Waals surface area contributed by atoms with Crippen LogP contribution in [-0.4, -0.2) is 5.67 Å². The monoisotopic (exact) mass is 186 g/mol. The molecule has 1 aliphatic rings. The molecule has 0 saturated heterocycles. The number of alkyl halides is 1. The van der Waals surface area contributed by atoms with Gasteiger partial charge in [-0.3, -0.25) is 0 Å². The second-order valence-corrected chi connectivity index (χ2v) is 2.83. The maximum Gasteiger partial charge on any atom is 0.130 e. The molecular formula is C12H23F. The minimum absolute atomic E-state index is 0.545. The van der Waals surface area contributed by atoms with Gasteiger partial charge in [0, 0.05) is 6.42 Å². The van der Waals surface area contributed by atoms with Gasteiger partial charge in [0.2, 0.25) is 0 Å². The molecule has 0 aromatic rings. The summed E-state index contributed by atoms with van der Waals surface area (Å²) in [5, 5.41) is 0. The second-order valence-electron chi connectivity index (χ2n) is 2.83. The summed E-state index contributed by atoms with van der Waals surface area (Å²) < 4.78 is 13.0. The quantitative estimate of drug-likeness (QED) is 0.515. The van der Waals surface area contributed by atoms with E-state index < -0.39 is 5.67 Å². The third-order valence-electron chi connectivity index (χ3n) is 1.45. The smallest absolute Gasteiger partial charge is 0.130 e. The van der Waals surface area contributed by atoms with Crippen molar-refractivity contribution in [1.82, 2.24) is 0 Å². The Hall–Kier alpha value is -0.590. The zero-order valence-electron chi connectivity index (χ0n) is 9.82. The van der Waals surface area contributed by atoms with Crippen molar-refractivity contribution in [1.29, 1.82) is 0 Å². The molecule has 0 heterocycles. The standard InChI is InChI=1S/C8H11F.2C2H6/c1-7-4-3-5-8(2,9)6-7;2*1-2/h3-5H,6H2,1-2H3;2*1-2H3. The van der Waals surface area contributed by atoms with Crippen molar-refractivity contribution in [2.45, 2.75) is 53.6 Å². The average molecular weight is 186 g/mol. The number of hydrogen-bond acceptors (Lipinski definition) is 0. The van der Waals surface area contributed by atoms with Gasteiger partial charge in [-0.25, -0.2) is 4.39 Å². The predicted molar refractivity (Wildman–Crippen MR) is 59.7 cm³/mol. The molecule has 0 N–H and O–H groups in total. The molecule has 1 aliphatic carbocycles. The Morgan fingerprint density at radius 3 is 1.92 bits per heavy atom. The molecule has 0 radical (unpaired) electrons. The van der Waals surface area contributed by atoms with Crippen molar-refractivity contribution < 1.29 is 4.39 Å². The molecule has 0 saturated carbocycles. The van der Waals surface area contributed by atoms with E-state index in [-0.39, 0.29) is 0 Å². The van der Waals surface area contributed by atoms with Gasteiger partial charge in [0.15, 0.2) is 0 Å². The SMILES string of the molecule is CC.CC.CC1=CC=CC(C)(F)C1. The van der Waals surface area contributed by atoms with E-state index in [4.69, 9.17) is 0 Å². The molecule has 0 aromatic heterocycles. The molecule has 0 nitrogen and oxygen atoms in total. The van der Waals surface area contributed by atoms with Crippen molar-refractivity contribution in [3.05, 3.63) is 23.8 Å². The van der Waals surface area contributed by atoms with E-state index in [1.54, 1.807) is 19.1 Å². The summed E-state index contributed by atoms with van der Waals surface area (Å²) in [4.78, 5) is 0. The third kappa shape index (κ3) is 7.76. The Balaban J connectivity index is 0. The van der Waals surface area contributed by atoms with Crippen LogP contribution in [0, 0.1) is 0 Å². The van der Waals surface area contributed by atoms with E-state index in [2.05, 4.69) is 0 Å². The lowest BCUT2D eigenvalue weighted by Crippen LogP contribution is -2.16. The van der Waals surface area contributed by atoms with Crippen molar-refractivity contribution in [2.75, 3.05) is 0 Å². The summed E-state index contributed by atoms with van der Waals surface area (Å²) in [5.74, 6) is 0.